The number of hydrogen-bond acceptors (Lipinski definition) is 7. The van der Waals surface area contributed by atoms with Crippen molar-refractivity contribution in [1.82, 2.24) is 14.8 Å². The van der Waals surface area contributed by atoms with Gasteiger partial charge in [-0.3, -0.25) is 19.5 Å². The van der Waals surface area contributed by atoms with E-state index < -0.39 is 10.9 Å². The Morgan fingerprint density at radius 1 is 1.52 bits per heavy atom. The number of thiophene rings is 1. The summed E-state index contributed by atoms with van der Waals surface area (Å²) in [6.07, 6.45) is 1.97. The Hall–Kier alpha value is -1.94. The number of thioether (sulfide) groups is 1. The van der Waals surface area contributed by atoms with Crippen molar-refractivity contribution in [3.8, 4) is 10.7 Å². The van der Waals surface area contributed by atoms with Crippen molar-refractivity contribution in [1.29, 1.82) is 0 Å². The molecular formula is C11H10N4O4S2. The highest BCUT2D eigenvalue weighted by Crippen LogP contribution is 2.42. The fourth-order valence-corrected chi connectivity index (χ4v) is 3.41. The first kappa shape index (κ1) is 14.0. The van der Waals surface area contributed by atoms with E-state index in [-0.39, 0.29) is 16.8 Å². The lowest BCUT2D eigenvalue weighted by molar-refractivity contribution is -0.380. The molecule has 8 nitrogen and oxygen atoms in total. The zero-order valence-electron chi connectivity index (χ0n) is 10.6. The van der Waals surface area contributed by atoms with E-state index in [4.69, 9.17) is 5.11 Å². The molecule has 1 fully saturated rings. The molecule has 110 valence electrons. The van der Waals surface area contributed by atoms with Crippen molar-refractivity contribution in [3.63, 3.8) is 0 Å². The second-order valence-electron chi connectivity index (χ2n) is 4.48. The Labute approximate surface area is 127 Å². The molecule has 0 saturated heterocycles. The quantitative estimate of drug-likeness (QED) is 0.493. The topological polar surface area (TPSA) is 111 Å². The second kappa shape index (κ2) is 5.45. The van der Waals surface area contributed by atoms with Crippen LogP contribution >= 0.6 is 23.1 Å². The molecule has 0 atom stereocenters. The van der Waals surface area contributed by atoms with Gasteiger partial charge >= 0.3 is 11.0 Å². The number of rotatable bonds is 6. The number of nitro groups is 1. The van der Waals surface area contributed by atoms with E-state index in [1.54, 1.807) is 6.07 Å². The lowest BCUT2D eigenvalue weighted by Crippen LogP contribution is -2.02. The lowest BCUT2D eigenvalue weighted by atomic mass is 10.4. The van der Waals surface area contributed by atoms with Crippen molar-refractivity contribution in [2.75, 3.05) is 5.75 Å². The maximum Gasteiger partial charge on any atom is 0.324 e. The maximum atomic E-state index is 10.8. The Bertz CT molecular complexity index is 707. The van der Waals surface area contributed by atoms with Crippen LogP contribution in [0.25, 0.3) is 10.7 Å². The van der Waals surface area contributed by atoms with Crippen LogP contribution in [-0.4, -0.2) is 36.5 Å². The molecule has 0 spiro atoms. The molecule has 1 aliphatic carbocycles. The Morgan fingerprint density at radius 3 is 2.86 bits per heavy atom. The maximum absolute atomic E-state index is 10.8. The van der Waals surface area contributed by atoms with E-state index in [0.717, 1.165) is 35.9 Å². The molecule has 0 amide bonds. The van der Waals surface area contributed by atoms with Gasteiger partial charge in [0.25, 0.3) is 0 Å². The van der Waals surface area contributed by atoms with Gasteiger partial charge in [0.1, 0.15) is 0 Å². The van der Waals surface area contributed by atoms with Gasteiger partial charge in [0, 0.05) is 12.1 Å². The molecule has 2 aromatic rings. The predicted molar refractivity (Wildman–Crippen MR) is 76.6 cm³/mol. The fourth-order valence-electron chi connectivity index (χ4n) is 1.88. The monoisotopic (exact) mass is 326 g/mol. The number of hydrogen-bond donors (Lipinski definition) is 1. The summed E-state index contributed by atoms with van der Waals surface area (Å²) < 4.78 is 1.89. The van der Waals surface area contributed by atoms with Crippen LogP contribution in [0.1, 0.15) is 18.9 Å². The third-order valence-corrected chi connectivity index (χ3v) is 4.85. The van der Waals surface area contributed by atoms with E-state index in [1.807, 2.05) is 4.57 Å². The summed E-state index contributed by atoms with van der Waals surface area (Å²) in [5.41, 5.74) is 0. The summed E-state index contributed by atoms with van der Waals surface area (Å²) in [5.74, 6) is -0.433. The highest BCUT2D eigenvalue weighted by Gasteiger charge is 2.31. The molecule has 10 heteroatoms. The lowest BCUT2D eigenvalue weighted by Gasteiger charge is -2.06. The SMILES string of the molecule is O=C(O)CSc1nnc(-c2ccc([N+](=O)[O-])s2)n1C1CC1. The number of carboxylic acids is 1. The van der Waals surface area contributed by atoms with E-state index in [1.165, 1.54) is 6.07 Å². The van der Waals surface area contributed by atoms with Crippen molar-refractivity contribution in [3.05, 3.63) is 22.2 Å². The van der Waals surface area contributed by atoms with Crippen LogP contribution in [0.4, 0.5) is 5.00 Å². The highest BCUT2D eigenvalue weighted by molar-refractivity contribution is 7.99. The van der Waals surface area contributed by atoms with Crippen LogP contribution in [0.3, 0.4) is 0 Å². The molecular weight excluding hydrogens is 316 g/mol. The van der Waals surface area contributed by atoms with Crippen LogP contribution in [0.2, 0.25) is 0 Å². The van der Waals surface area contributed by atoms with Crippen molar-refractivity contribution >= 4 is 34.1 Å². The molecule has 1 N–H and O–H groups in total. The molecule has 21 heavy (non-hydrogen) atoms. The zero-order valence-corrected chi connectivity index (χ0v) is 12.3. The van der Waals surface area contributed by atoms with Crippen molar-refractivity contribution < 1.29 is 14.8 Å². The van der Waals surface area contributed by atoms with Gasteiger partial charge in [0.15, 0.2) is 11.0 Å². The third-order valence-electron chi connectivity index (χ3n) is 2.89. The zero-order chi connectivity index (χ0) is 15.0. The smallest absolute Gasteiger partial charge is 0.324 e. The van der Waals surface area contributed by atoms with E-state index in [2.05, 4.69) is 10.2 Å². The largest absolute Gasteiger partial charge is 0.481 e. The van der Waals surface area contributed by atoms with Crippen LogP contribution in [-0.2, 0) is 4.79 Å². The van der Waals surface area contributed by atoms with Gasteiger partial charge < -0.3 is 5.11 Å². The van der Waals surface area contributed by atoms with Crippen molar-refractivity contribution in [2.45, 2.75) is 24.0 Å². The molecule has 0 aliphatic heterocycles. The number of aliphatic carboxylic acids is 1. The number of carbonyl (C=O) groups is 1. The minimum atomic E-state index is -0.918. The summed E-state index contributed by atoms with van der Waals surface area (Å²) >= 11 is 2.16. The van der Waals surface area contributed by atoms with Gasteiger partial charge in [-0.25, -0.2) is 0 Å². The fraction of sp³-hybridized carbons (Fsp3) is 0.364. The molecule has 2 heterocycles. The third kappa shape index (κ3) is 2.90. The molecule has 0 unspecified atom stereocenters. The van der Waals surface area contributed by atoms with Crippen LogP contribution in [0.15, 0.2) is 17.3 Å². The molecule has 0 aromatic carbocycles. The number of carboxylic acid groups (broad SMARTS) is 1. The average molecular weight is 326 g/mol. The Balaban J connectivity index is 1.94. The summed E-state index contributed by atoms with van der Waals surface area (Å²) in [6, 6.07) is 3.35. The number of nitrogens with zero attached hydrogens (tertiary/aromatic N) is 4. The Kier molecular flexibility index (Phi) is 3.64. The van der Waals surface area contributed by atoms with E-state index in [9.17, 15) is 14.9 Å². The molecule has 2 aromatic heterocycles. The Morgan fingerprint density at radius 2 is 2.29 bits per heavy atom. The summed E-state index contributed by atoms with van der Waals surface area (Å²) in [6.45, 7) is 0. The van der Waals surface area contributed by atoms with Gasteiger partial charge in [-0.2, -0.15) is 0 Å². The first-order valence-electron chi connectivity index (χ1n) is 6.10. The summed E-state index contributed by atoms with van der Waals surface area (Å²) in [5, 5.41) is 28.2. The normalized spacial score (nSPS) is 14.3. The van der Waals surface area contributed by atoms with Gasteiger partial charge in [-0.05, 0) is 18.9 Å². The minimum absolute atomic E-state index is 0.0510. The van der Waals surface area contributed by atoms with Gasteiger partial charge in [0.2, 0.25) is 0 Å². The first-order chi connectivity index (χ1) is 10.1. The van der Waals surface area contributed by atoms with Crippen LogP contribution < -0.4 is 0 Å². The summed E-state index contributed by atoms with van der Waals surface area (Å²) in [4.78, 5) is 21.7. The van der Waals surface area contributed by atoms with E-state index in [0.29, 0.717) is 15.9 Å². The molecule has 3 rings (SSSR count). The van der Waals surface area contributed by atoms with Gasteiger partial charge in [0.05, 0.1) is 15.6 Å². The van der Waals surface area contributed by atoms with E-state index >= 15 is 0 Å². The van der Waals surface area contributed by atoms with Crippen LogP contribution in [0.5, 0.6) is 0 Å². The first-order valence-corrected chi connectivity index (χ1v) is 7.90. The molecule has 1 saturated carbocycles. The highest BCUT2D eigenvalue weighted by atomic mass is 32.2. The number of aromatic nitrogens is 3. The molecule has 0 bridgehead atoms. The van der Waals surface area contributed by atoms with Gasteiger partial charge in [-0.1, -0.05) is 23.1 Å². The average Bonchev–Trinajstić information content (AvgIpc) is 3.00. The minimum Gasteiger partial charge on any atom is -0.481 e. The second-order valence-corrected chi connectivity index (χ2v) is 6.49. The predicted octanol–water partition coefficient (Wildman–Crippen LogP) is 2.43. The van der Waals surface area contributed by atoms with Crippen LogP contribution in [0, 0.1) is 10.1 Å². The van der Waals surface area contributed by atoms with Crippen molar-refractivity contribution in [2.24, 2.45) is 0 Å². The molecule has 0 radical (unpaired) electrons. The van der Waals surface area contributed by atoms with Gasteiger partial charge in [-0.15, -0.1) is 10.2 Å². The molecule has 1 aliphatic rings. The summed E-state index contributed by atoms with van der Waals surface area (Å²) in [7, 11) is 0. The standard InChI is InChI=1S/C11H10N4O4S2/c16-9(17)5-20-11-13-12-10(14(11)6-1-2-6)7-3-4-8(21-7)15(18)19/h3-4,6H,1-2,5H2,(H,16,17).